The summed E-state index contributed by atoms with van der Waals surface area (Å²) >= 11 is 0. The number of nitrogens with zero attached hydrogens (tertiary/aromatic N) is 1. The van der Waals surface area contributed by atoms with Gasteiger partial charge < -0.3 is 5.32 Å². The zero-order chi connectivity index (χ0) is 12.6. The third-order valence-electron chi connectivity index (χ3n) is 4.21. The molecule has 0 bridgehead atoms. The first-order chi connectivity index (χ1) is 8.88. The molecule has 100 valence electrons. The van der Waals surface area contributed by atoms with E-state index in [4.69, 9.17) is 0 Å². The Bertz CT molecular complexity index is 323. The van der Waals surface area contributed by atoms with Crippen LogP contribution in [0.5, 0.6) is 0 Å². The number of nitrogens with one attached hydrogen (secondary N) is 1. The molecule has 0 aliphatic heterocycles. The van der Waals surface area contributed by atoms with Gasteiger partial charge in [-0.1, -0.05) is 32.3 Å². The van der Waals surface area contributed by atoms with Crippen molar-refractivity contribution in [3.05, 3.63) is 30.1 Å². The highest BCUT2D eigenvalue weighted by Crippen LogP contribution is 2.25. The Morgan fingerprint density at radius 3 is 2.94 bits per heavy atom. The van der Waals surface area contributed by atoms with E-state index in [9.17, 15) is 0 Å². The Kier molecular flexibility index (Phi) is 5.66. The van der Waals surface area contributed by atoms with E-state index in [0.29, 0.717) is 0 Å². The molecule has 1 aliphatic carbocycles. The SMILES string of the molecule is CCC1CCCC(NCCc2ccccn2)CC1. The molecule has 2 rings (SSSR count). The molecule has 1 heterocycles. The summed E-state index contributed by atoms with van der Waals surface area (Å²) in [6.07, 6.45) is 11.3. The number of hydrogen-bond donors (Lipinski definition) is 1. The molecular formula is C16H26N2. The molecule has 0 amide bonds. The van der Waals surface area contributed by atoms with Crippen LogP contribution in [-0.4, -0.2) is 17.6 Å². The van der Waals surface area contributed by atoms with Crippen LogP contribution in [0.3, 0.4) is 0 Å². The lowest BCUT2D eigenvalue weighted by Gasteiger charge is -2.16. The second-order valence-corrected chi connectivity index (χ2v) is 5.50. The van der Waals surface area contributed by atoms with Gasteiger partial charge in [-0.05, 0) is 37.3 Å². The van der Waals surface area contributed by atoms with Crippen molar-refractivity contribution in [3.63, 3.8) is 0 Å². The third kappa shape index (κ3) is 4.41. The molecule has 1 aliphatic rings. The van der Waals surface area contributed by atoms with E-state index in [1.165, 1.54) is 44.2 Å². The van der Waals surface area contributed by atoms with Gasteiger partial charge in [0.1, 0.15) is 0 Å². The van der Waals surface area contributed by atoms with Gasteiger partial charge in [0.2, 0.25) is 0 Å². The predicted octanol–water partition coefficient (Wildman–Crippen LogP) is 3.57. The van der Waals surface area contributed by atoms with Crippen LogP contribution in [0.25, 0.3) is 0 Å². The smallest absolute Gasteiger partial charge is 0.0416 e. The summed E-state index contributed by atoms with van der Waals surface area (Å²) < 4.78 is 0. The van der Waals surface area contributed by atoms with E-state index in [1.54, 1.807) is 0 Å². The van der Waals surface area contributed by atoms with E-state index in [2.05, 4.69) is 29.4 Å². The topological polar surface area (TPSA) is 24.9 Å². The average molecular weight is 246 g/mol. The lowest BCUT2D eigenvalue weighted by Crippen LogP contribution is -2.30. The second kappa shape index (κ2) is 7.52. The van der Waals surface area contributed by atoms with E-state index in [0.717, 1.165) is 24.9 Å². The van der Waals surface area contributed by atoms with Gasteiger partial charge in [0.25, 0.3) is 0 Å². The summed E-state index contributed by atoms with van der Waals surface area (Å²) in [4.78, 5) is 4.37. The van der Waals surface area contributed by atoms with Crippen LogP contribution < -0.4 is 5.32 Å². The number of pyridine rings is 1. The van der Waals surface area contributed by atoms with Crippen molar-refractivity contribution in [1.29, 1.82) is 0 Å². The molecule has 0 radical (unpaired) electrons. The summed E-state index contributed by atoms with van der Waals surface area (Å²) in [6, 6.07) is 6.90. The molecule has 0 spiro atoms. The standard InChI is InChI=1S/C16H26N2/c1-2-14-6-5-8-15(10-9-14)18-13-11-16-7-3-4-12-17-16/h3-4,7,12,14-15,18H,2,5-6,8-11,13H2,1H3. The Morgan fingerprint density at radius 1 is 1.22 bits per heavy atom. The molecular weight excluding hydrogens is 220 g/mol. The summed E-state index contributed by atoms with van der Waals surface area (Å²) in [5, 5.41) is 3.71. The van der Waals surface area contributed by atoms with Gasteiger partial charge in [-0.3, -0.25) is 4.98 Å². The minimum atomic E-state index is 0.741. The maximum Gasteiger partial charge on any atom is 0.0416 e. The van der Waals surface area contributed by atoms with Gasteiger partial charge in [0, 0.05) is 30.9 Å². The average Bonchev–Trinajstić information content (AvgIpc) is 2.65. The summed E-state index contributed by atoms with van der Waals surface area (Å²) in [6.45, 7) is 3.40. The van der Waals surface area contributed by atoms with E-state index >= 15 is 0 Å². The Labute approximate surface area is 111 Å². The first-order valence-electron chi connectivity index (χ1n) is 7.51. The Morgan fingerprint density at radius 2 is 2.17 bits per heavy atom. The minimum Gasteiger partial charge on any atom is -0.314 e. The van der Waals surface area contributed by atoms with Gasteiger partial charge in [-0.25, -0.2) is 0 Å². The molecule has 1 N–H and O–H groups in total. The summed E-state index contributed by atoms with van der Waals surface area (Å²) in [5.74, 6) is 0.979. The van der Waals surface area contributed by atoms with Gasteiger partial charge in [0.15, 0.2) is 0 Å². The van der Waals surface area contributed by atoms with Gasteiger partial charge in [-0.2, -0.15) is 0 Å². The number of rotatable bonds is 5. The molecule has 2 heteroatoms. The maximum absolute atomic E-state index is 4.37. The van der Waals surface area contributed by atoms with Crippen molar-refractivity contribution in [3.8, 4) is 0 Å². The highest BCUT2D eigenvalue weighted by molar-refractivity contribution is 5.03. The largest absolute Gasteiger partial charge is 0.314 e. The zero-order valence-corrected chi connectivity index (χ0v) is 11.6. The number of hydrogen-bond acceptors (Lipinski definition) is 2. The second-order valence-electron chi connectivity index (χ2n) is 5.50. The van der Waals surface area contributed by atoms with Crippen LogP contribution in [0.4, 0.5) is 0 Å². The van der Waals surface area contributed by atoms with Crippen LogP contribution in [0.15, 0.2) is 24.4 Å². The lowest BCUT2D eigenvalue weighted by atomic mass is 9.98. The Hall–Kier alpha value is -0.890. The van der Waals surface area contributed by atoms with Gasteiger partial charge >= 0.3 is 0 Å². The van der Waals surface area contributed by atoms with Crippen LogP contribution in [0.2, 0.25) is 0 Å². The normalized spacial score (nSPS) is 24.7. The first-order valence-corrected chi connectivity index (χ1v) is 7.51. The fourth-order valence-electron chi connectivity index (χ4n) is 2.94. The van der Waals surface area contributed by atoms with Crippen LogP contribution in [-0.2, 0) is 6.42 Å². The molecule has 2 unspecified atom stereocenters. The molecule has 1 aromatic rings. The van der Waals surface area contributed by atoms with Crippen molar-refractivity contribution in [1.82, 2.24) is 10.3 Å². The highest BCUT2D eigenvalue weighted by Gasteiger charge is 2.16. The van der Waals surface area contributed by atoms with E-state index in [1.807, 2.05) is 12.3 Å². The summed E-state index contributed by atoms with van der Waals surface area (Å²) in [7, 11) is 0. The molecule has 0 aromatic carbocycles. The van der Waals surface area contributed by atoms with E-state index < -0.39 is 0 Å². The zero-order valence-electron chi connectivity index (χ0n) is 11.6. The fourth-order valence-corrected chi connectivity index (χ4v) is 2.94. The predicted molar refractivity (Wildman–Crippen MR) is 76.6 cm³/mol. The lowest BCUT2D eigenvalue weighted by molar-refractivity contribution is 0.426. The third-order valence-corrected chi connectivity index (χ3v) is 4.21. The minimum absolute atomic E-state index is 0.741. The van der Waals surface area contributed by atoms with Crippen molar-refractivity contribution < 1.29 is 0 Å². The van der Waals surface area contributed by atoms with Crippen LogP contribution in [0, 0.1) is 5.92 Å². The Balaban J connectivity index is 1.67. The van der Waals surface area contributed by atoms with Gasteiger partial charge in [0.05, 0.1) is 0 Å². The van der Waals surface area contributed by atoms with Crippen molar-refractivity contribution in [2.24, 2.45) is 5.92 Å². The van der Waals surface area contributed by atoms with E-state index in [-0.39, 0.29) is 0 Å². The highest BCUT2D eigenvalue weighted by atomic mass is 14.9. The van der Waals surface area contributed by atoms with Crippen molar-refractivity contribution >= 4 is 0 Å². The molecule has 1 aromatic heterocycles. The fraction of sp³-hybridized carbons (Fsp3) is 0.688. The maximum atomic E-state index is 4.37. The molecule has 1 fully saturated rings. The molecule has 18 heavy (non-hydrogen) atoms. The van der Waals surface area contributed by atoms with Crippen molar-refractivity contribution in [2.45, 2.75) is 57.9 Å². The molecule has 1 saturated carbocycles. The number of aromatic nitrogens is 1. The van der Waals surface area contributed by atoms with Crippen molar-refractivity contribution in [2.75, 3.05) is 6.54 Å². The first kappa shape index (κ1) is 13.5. The van der Waals surface area contributed by atoms with Crippen LogP contribution in [0.1, 0.15) is 51.1 Å². The molecule has 2 atom stereocenters. The molecule has 2 nitrogen and oxygen atoms in total. The van der Waals surface area contributed by atoms with Gasteiger partial charge in [-0.15, -0.1) is 0 Å². The quantitative estimate of drug-likeness (QED) is 0.803. The molecule has 0 saturated heterocycles. The van der Waals surface area contributed by atoms with Crippen LogP contribution >= 0.6 is 0 Å². The summed E-state index contributed by atoms with van der Waals surface area (Å²) in [5.41, 5.74) is 1.20. The monoisotopic (exact) mass is 246 g/mol.